The van der Waals surface area contributed by atoms with Gasteiger partial charge in [-0.15, -0.1) is 0 Å². The number of rotatable bonds is 6. The van der Waals surface area contributed by atoms with Crippen molar-refractivity contribution < 1.29 is 9.47 Å². The lowest BCUT2D eigenvalue weighted by atomic mass is 10.1. The zero-order chi connectivity index (χ0) is 10.5. The summed E-state index contributed by atoms with van der Waals surface area (Å²) in [4.78, 5) is 0. The number of methoxy groups -OCH3 is 1. The molecule has 0 amide bonds. The Balaban J connectivity index is 3.47. The van der Waals surface area contributed by atoms with Crippen molar-refractivity contribution in [3.63, 3.8) is 0 Å². The third-order valence-electron chi connectivity index (χ3n) is 1.88. The molecule has 0 radical (unpaired) electrons. The van der Waals surface area contributed by atoms with Crippen LogP contribution in [0.15, 0.2) is 0 Å². The fraction of sp³-hybridized carbons (Fsp3) is 1.00. The van der Waals surface area contributed by atoms with Crippen LogP contribution in [0.3, 0.4) is 0 Å². The minimum atomic E-state index is -0.239. The maximum absolute atomic E-state index is 5.76. The molecule has 2 N–H and O–H groups in total. The SMILES string of the molecule is COC(C)(C)CCOCC(C)(C)N. The van der Waals surface area contributed by atoms with Crippen LogP contribution in [-0.4, -0.2) is 31.5 Å². The summed E-state index contributed by atoms with van der Waals surface area (Å²) in [6.45, 7) is 9.28. The lowest BCUT2D eigenvalue weighted by Crippen LogP contribution is -2.38. The smallest absolute Gasteiger partial charge is 0.0644 e. The van der Waals surface area contributed by atoms with E-state index in [4.69, 9.17) is 15.2 Å². The fourth-order valence-electron chi connectivity index (χ4n) is 0.755. The summed E-state index contributed by atoms with van der Waals surface area (Å²) in [7, 11) is 1.72. The molecule has 0 aromatic heterocycles. The van der Waals surface area contributed by atoms with Crippen molar-refractivity contribution in [3.05, 3.63) is 0 Å². The van der Waals surface area contributed by atoms with Crippen LogP contribution in [0.2, 0.25) is 0 Å². The molecular formula is C10H23NO2. The third-order valence-corrected chi connectivity index (χ3v) is 1.88. The molecule has 0 heterocycles. The first-order chi connectivity index (χ1) is 5.77. The lowest BCUT2D eigenvalue weighted by Gasteiger charge is -2.24. The highest BCUT2D eigenvalue weighted by Crippen LogP contribution is 2.12. The molecular weight excluding hydrogens is 166 g/mol. The molecule has 0 aliphatic carbocycles. The van der Waals surface area contributed by atoms with Crippen LogP contribution < -0.4 is 5.73 Å². The van der Waals surface area contributed by atoms with Gasteiger partial charge in [0.05, 0.1) is 12.2 Å². The van der Waals surface area contributed by atoms with E-state index in [0.29, 0.717) is 13.2 Å². The van der Waals surface area contributed by atoms with Gasteiger partial charge in [-0.25, -0.2) is 0 Å². The van der Waals surface area contributed by atoms with Gasteiger partial charge in [-0.05, 0) is 34.1 Å². The minimum absolute atomic E-state index is 0.0985. The average Bonchev–Trinajstić information content (AvgIpc) is 1.97. The van der Waals surface area contributed by atoms with Crippen molar-refractivity contribution >= 4 is 0 Å². The van der Waals surface area contributed by atoms with Crippen LogP contribution in [0.4, 0.5) is 0 Å². The normalized spacial score (nSPS) is 13.4. The molecule has 0 bridgehead atoms. The van der Waals surface area contributed by atoms with Crippen LogP contribution in [-0.2, 0) is 9.47 Å². The average molecular weight is 189 g/mol. The quantitative estimate of drug-likeness (QED) is 0.645. The molecule has 0 aliphatic heterocycles. The second-order valence-electron chi connectivity index (χ2n) is 4.75. The molecule has 0 saturated carbocycles. The van der Waals surface area contributed by atoms with Gasteiger partial charge in [0, 0.05) is 19.3 Å². The Morgan fingerprint density at radius 3 is 2.08 bits per heavy atom. The zero-order valence-electron chi connectivity index (χ0n) is 9.52. The van der Waals surface area contributed by atoms with Gasteiger partial charge in [-0.3, -0.25) is 0 Å². The maximum Gasteiger partial charge on any atom is 0.0644 e. The molecule has 0 aromatic carbocycles. The van der Waals surface area contributed by atoms with E-state index in [9.17, 15) is 0 Å². The van der Waals surface area contributed by atoms with Crippen LogP contribution in [0, 0.1) is 0 Å². The van der Waals surface area contributed by atoms with Crippen molar-refractivity contribution in [2.45, 2.75) is 45.3 Å². The molecule has 0 unspecified atom stereocenters. The summed E-state index contributed by atoms with van der Waals surface area (Å²) < 4.78 is 10.7. The number of hydrogen-bond donors (Lipinski definition) is 1. The largest absolute Gasteiger partial charge is 0.379 e. The van der Waals surface area contributed by atoms with E-state index in [0.717, 1.165) is 6.42 Å². The highest BCUT2D eigenvalue weighted by Gasteiger charge is 2.16. The molecule has 13 heavy (non-hydrogen) atoms. The highest BCUT2D eigenvalue weighted by atomic mass is 16.5. The Kier molecular flexibility index (Phi) is 4.89. The summed E-state index contributed by atoms with van der Waals surface area (Å²) in [6.07, 6.45) is 0.888. The molecule has 0 aliphatic rings. The Morgan fingerprint density at radius 1 is 1.15 bits per heavy atom. The number of hydrogen-bond acceptors (Lipinski definition) is 3. The third kappa shape index (κ3) is 8.22. The topological polar surface area (TPSA) is 44.5 Å². The van der Waals surface area contributed by atoms with E-state index in [2.05, 4.69) is 0 Å². The molecule has 0 spiro atoms. The Labute approximate surface area is 81.6 Å². The first kappa shape index (κ1) is 12.9. The van der Waals surface area contributed by atoms with E-state index in [1.807, 2.05) is 27.7 Å². The summed E-state index contributed by atoms with van der Waals surface area (Å²) in [5.41, 5.74) is 5.42. The molecule has 0 atom stereocenters. The lowest BCUT2D eigenvalue weighted by molar-refractivity contribution is -0.0146. The Hall–Kier alpha value is -0.120. The molecule has 3 heteroatoms. The Bertz CT molecular complexity index is 138. The van der Waals surface area contributed by atoms with Crippen molar-refractivity contribution in [1.29, 1.82) is 0 Å². The fourth-order valence-corrected chi connectivity index (χ4v) is 0.755. The molecule has 0 fully saturated rings. The molecule has 3 nitrogen and oxygen atoms in total. The zero-order valence-corrected chi connectivity index (χ0v) is 9.52. The van der Waals surface area contributed by atoms with Crippen LogP contribution >= 0.6 is 0 Å². The second kappa shape index (κ2) is 4.94. The van der Waals surface area contributed by atoms with Gasteiger partial charge in [0.2, 0.25) is 0 Å². The second-order valence-corrected chi connectivity index (χ2v) is 4.75. The van der Waals surface area contributed by atoms with Gasteiger partial charge in [0.1, 0.15) is 0 Å². The summed E-state index contributed by atoms with van der Waals surface area (Å²) in [6, 6.07) is 0. The first-order valence-electron chi connectivity index (χ1n) is 4.69. The minimum Gasteiger partial charge on any atom is -0.379 e. The van der Waals surface area contributed by atoms with Gasteiger partial charge < -0.3 is 15.2 Å². The van der Waals surface area contributed by atoms with Gasteiger partial charge in [-0.1, -0.05) is 0 Å². The van der Waals surface area contributed by atoms with Crippen molar-refractivity contribution in [3.8, 4) is 0 Å². The van der Waals surface area contributed by atoms with Crippen molar-refractivity contribution in [1.82, 2.24) is 0 Å². The van der Waals surface area contributed by atoms with E-state index >= 15 is 0 Å². The van der Waals surface area contributed by atoms with Gasteiger partial charge >= 0.3 is 0 Å². The van der Waals surface area contributed by atoms with E-state index in [-0.39, 0.29) is 11.1 Å². The van der Waals surface area contributed by atoms with Crippen LogP contribution in [0.1, 0.15) is 34.1 Å². The van der Waals surface area contributed by atoms with Crippen LogP contribution in [0.25, 0.3) is 0 Å². The molecule has 0 aromatic rings. The molecule has 0 rings (SSSR count). The first-order valence-corrected chi connectivity index (χ1v) is 4.69. The predicted octanol–water partition coefficient (Wildman–Crippen LogP) is 1.56. The maximum atomic E-state index is 5.76. The van der Waals surface area contributed by atoms with E-state index in [1.165, 1.54) is 0 Å². The predicted molar refractivity (Wildman–Crippen MR) is 54.8 cm³/mol. The molecule has 80 valence electrons. The monoisotopic (exact) mass is 189 g/mol. The van der Waals surface area contributed by atoms with Crippen molar-refractivity contribution in [2.24, 2.45) is 5.73 Å². The van der Waals surface area contributed by atoms with Crippen molar-refractivity contribution in [2.75, 3.05) is 20.3 Å². The molecule has 0 saturated heterocycles. The van der Waals surface area contributed by atoms with E-state index in [1.54, 1.807) is 7.11 Å². The van der Waals surface area contributed by atoms with Gasteiger partial charge in [0.15, 0.2) is 0 Å². The standard InChI is InChI=1S/C10H23NO2/c1-9(2,11)8-13-7-6-10(3,4)12-5/h6-8,11H2,1-5H3. The highest BCUT2D eigenvalue weighted by molar-refractivity contribution is 4.71. The number of ether oxygens (including phenoxy) is 2. The Morgan fingerprint density at radius 2 is 1.69 bits per heavy atom. The van der Waals surface area contributed by atoms with E-state index < -0.39 is 0 Å². The number of nitrogens with two attached hydrogens (primary N) is 1. The van der Waals surface area contributed by atoms with Gasteiger partial charge in [0.25, 0.3) is 0 Å². The van der Waals surface area contributed by atoms with Gasteiger partial charge in [-0.2, -0.15) is 0 Å². The van der Waals surface area contributed by atoms with Crippen LogP contribution in [0.5, 0.6) is 0 Å². The summed E-state index contributed by atoms with van der Waals surface area (Å²) >= 11 is 0. The summed E-state index contributed by atoms with van der Waals surface area (Å²) in [5.74, 6) is 0. The summed E-state index contributed by atoms with van der Waals surface area (Å²) in [5, 5.41) is 0.